The van der Waals surface area contributed by atoms with Crippen molar-refractivity contribution < 1.29 is 9.90 Å². The van der Waals surface area contributed by atoms with E-state index in [-0.39, 0.29) is 5.92 Å². The second-order valence-electron chi connectivity index (χ2n) is 6.21. The Hall–Kier alpha value is -1.36. The Bertz CT molecular complexity index is 459. The van der Waals surface area contributed by atoms with Crippen LogP contribution in [-0.2, 0) is 11.3 Å². The highest BCUT2D eigenvalue weighted by atomic mass is 16.4. The maximum absolute atomic E-state index is 10.9. The molecule has 0 amide bonds. The minimum absolute atomic E-state index is 0.109. The average Bonchev–Trinajstić information content (AvgIpc) is 3.19. The van der Waals surface area contributed by atoms with Crippen molar-refractivity contribution in [3.63, 3.8) is 0 Å². The standard InChI is InChI=1S/C15H23N3O2/c19-15(20)12-3-1-11(2-4-12)7-16-8-14-9-17-10-18(14)13-5-6-13/h9-13,16H,1-8H2,(H,19,20). The van der Waals surface area contributed by atoms with E-state index in [1.165, 1.54) is 18.5 Å². The minimum atomic E-state index is -0.621. The molecule has 2 fully saturated rings. The second-order valence-corrected chi connectivity index (χ2v) is 6.21. The fourth-order valence-corrected chi connectivity index (χ4v) is 3.17. The molecule has 0 radical (unpaired) electrons. The Morgan fingerprint density at radius 3 is 2.70 bits per heavy atom. The van der Waals surface area contributed by atoms with E-state index in [2.05, 4.69) is 14.9 Å². The van der Waals surface area contributed by atoms with Crippen LogP contribution >= 0.6 is 0 Å². The van der Waals surface area contributed by atoms with Crippen LogP contribution in [-0.4, -0.2) is 27.2 Å². The lowest BCUT2D eigenvalue weighted by Gasteiger charge is -2.26. The first kappa shape index (κ1) is 13.6. The molecule has 110 valence electrons. The number of hydrogen-bond acceptors (Lipinski definition) is 3. The van der Waals surface area contributed by atoms with Crippen molar-refractivity contribution >= 4 is 5.97 Å². The lowest BCUT2D eigenvalue weighted by Crippen LogP contribution is -2.29. The second kappa shape index (κ2) is 5.95. The fourth-order valence-electron chi connectivity index (χ4n) is 3.17. The molecule has 1 heterocycles. The molecule has 2 aliphatic carbocycles. The van der Waals surface area contributed by atoms with Crippen molar-refractivity contribution in [1.29, 1.82) is 0 Å². The molecule has 0 spiro atoms. The van der Waals surface area contributed by atoms with Gasteiger partial charge in [-0.1, -0.05) is 0 Å². The summed E-state index contributed by atoms with van der Waals surface area (Å²) in [6.45, 7) is 1.86. The van der Waals surface area contributed by atoms with Gasteiger partial charge >= 0.3 is 5.97 Å². The first-order chi connectivity index (χ1) is 9.74. The number of carboxylic acids is 1. The third-order valence-corrected chi connectivity index (χ3v) is 4.62. The van der Waals surface area contributed by atoms with Crippen LogP contribution in [0.4, 0.5) is 0 Å². The van der Waals surface area contributed by atoms with Crippen molar-refractivity contribution in [2.75, 3.05) is 6.54 Å². The molecule has 3 rings (SSSR count). The molecular formula is C15H23N3O2. The molecule has 5 heteroatoms. The SMILES string of the molecule is O=C(O)C1CCC(CNCc2cncn2C2CC2)CC1. The van der Waals surface area contributed by atoms with E-state index >= 15 is 0 Å². The number of aromatic nitrogens is 2. The summed E-state index contributed by atoms with van der Waals surface area (Å²) < 4.78 is 2.29. The summed E-state index contributed by atoms with van der Waals surface area (Å²) in [5.41, 5.74) is 1.27. The lowest BCUT2D eigenvalue weighted by atomic mass is 9.82. The highest BCUT2D eigenvalue weighted by Gasteiger charge is 2.26. The van der Waals surface area contributed by atoms with Crippen molar-refractivity contribution in [1.82, 2.24) is 14.9 Å². The van der Waals surface area contributed by atoms with Gasteiger partial charge in [-0.3, -0.25) is 4.79 Å². The van der Waals surface area contributed by atoms with E-state index in [9.17, 15) is 4.79 Å². The lowest BCUT2D eigenvalue weighted by molar-refractivity contribution is -0.143. The summed E-state index contributed by atoms with van der Waals surface area (Å²) >= 11 is 0. The Morgan fingerprint density at radius 1 is 1.30 bits per heavy atom. The van der Waals surface area contributed by atoms with E-state index < -0.39 is 5.97 Å². The van der Waals surface area contributed by atoms with Gasteiger partial charge in [0.1, 0.15) is 0 Å². The topological polar surface area (TPSA) is 67.2 Å². The van der Waals surface area contributed by atoms with Crippen LogP contribution in [0.1, 0.15) is 50.3 Å². The molecule has 0 aliphatic heterocycles. The van der Waals surface area contributed by atoms with Gasteiger partial charge in [0.2, 0.25) is 0 Å². The molecule has 0 bridgehead atoms. The highest BCUT2D eigenvalue weighted by molar-refractivity contribution is 5.69. The van der Waals surface area contributed by atoms with Gasteiger partial charge in [0, 0.05) is 18.8 Å². The van der Waals surface area contributed by atoms with Gasteiger partial charge in [-0.15, -0.1) is 0 Å². The maximum atomic E-state index is 10.9. The van der Waals surface area contributed by atoms with Gasteiger partial charge in [0.05, 0.1) is 17.9 Å². The maximum Gasteiger partial charge on any atom is 0.306 e. The number of carboxylic acid groups (broad SMARTS) is 1. The number of imidazole rings is 1. The van der Waals surface area contributed by atoms with Crippen LogP contribution in [0.2, 0.25) is 0 Å². The molecule has 2 saturated carbocycles. The summed E-state index contributed by atoms with van der Waals surface area (Å²) in [4.78, 5) is 15.1. The molecule has 0 saturated heterocycles. The van der Waals surface area contributed by atoms with E-state index in [0.29, 0.717) is 12.0 Å². The predicted octanol–water partition coefficient (Wildman–Crippen LogP) is 2.20. The smallest absolute Gasteiger partial charge is 0.306 e. The molecule has 1 aromatic rings. The molecule has 2 aliphatic rings. The van der Waals surface area contributed by atoms with Crippen LogP contribution in [0.5, 0.6) is 0 Å². The van der Waals surface area contributed by atoms with E-state index in [1.807, 2.05) is 12.5 Å². The van der Waals surface area contributed by atoms with E-state index in [4.69, 9.17) is 5.11 Å². The van der Waals surface area contributed by atoms with Gasteiger partial charge in [0.15, 0.2) is 0 Å². The zero-order chi connectivity index (χ0) is 13.9. The number of aliphatic carboxylic acids is 1. The normalized spacial score (nSPS) is 26.6. The van der Waals surface area contributed by atoms with Crippen LogP contribution in [0.15, 0.2) is 12.5 Å². The summed E-state index contributed by atoms with van der Waals surface area (Å²) in [5, 5.41) is 12.5. The highest BCUT2D eigenvalue weighted by Crippen LogP contribution is 2.35. The Kier molecular flexibility index (Phi) is 4.05. The first-order valence-corrected chi connectivity index (χ1v) is 7.68. The summed E-state index contributed by atoms with van der Waals surface area (Å²) in [7, 11) is 0. The molecule has 5 nitrogen and oxygen atoms in total. The van der Waals surface area contributed by atoms with Crippen molar-refractivity contribution in [3.05, 3.63) is 18.2 Å². The Balaban J connectivity index is 1.40. The minimum Gasteiger partial charge on any atom is -0.481 e. The molecule has 0 unspecified atom stereocenters. The monoisotopic (exact) mass is 277 g/mol. The largest absolute Gasteiger partial charge is 0.481 e. The van der Waals surface area contributed by atoms with Crippen molar-refractivity contribution in [2.24, 2.45) is 11.8 Å². The Morgan fingerprint density at radius 2 is 2.05 bits per heavy atom. The third-order valence-electron chi connectivity index (χ3n) is 4.62. The van der Waals surface area contributed by atoms with Crippen molar-refractivity contribution in [3.8, 4) is 0 Å². The summed E-state index contributed by atoms with van der Waals surface area (Å²) in [6, 6.07) is 0.681. The molecule has 2 N–H and O–H groups in total. The predicted molar refractivity (Wildman–Crippen MR) is 75.3 cm³/mol. The number of rotatable bonds is 6. The van der Waals surface area contributed by atoms with Crippen molar-refractivity contribution in [2.45, 2.75) is 51.1 Å². The van der Waals surface area contributed by atoms with E-state index in [1.54, 1.807) is 0 Å². The number of nitrogens with one attached hydrogen (secondary N) is 1. The van der Waals surface area contributed by atoms with Crippen LogP contribution in [0.3, 0.4) is 0 Å². The van der Waals surface area contributed by atoms with Gasteiger partial charge in [-0.2, -0.15) is 0 Å². The average molecular weight is 277 g/mol. The molecular weight excluding hydrogens is 254 g/mol. The zero-order valence-corrected chi connectivity index (χ0v) is 11.8. The Labute approximate surface area is 119 Å². The molecule has 0 atom stereocenters. The molecule has 20 heavy (non-hydrogen) atoms. The number of carbonyl (C=O) groups is 1. The van der Waals surface area contributed by atoms with Crippen LogP contribution in [0, 0.1) is 11.8 Å². The summed E-state index contributed by atoms with van der Waals surface area (Å²) in [6.07, 6.45) is 10.2. The van der Waals surface area contributed by atoms with E-state index in [0.717, 1.165) is 38.8 Å². The van der Waals surface area contributed by atoms with Crippen LogP contribution < -0.4 is 5.32 Å². The van der Waals surface area contributed by atoms with Gasteiger partial charge < -0.3 is 15.0 Å². The zero-order valence-electron chi connectivity index (χ0n) is 11.8. The van der Waals surface area contributed by atoms with Gasteiger partial charge in [-0.25, -0.2) is 4.98 Å². The van der Waals surface area contributed by atoms with Gasteiger partial charge in [0.25, 0.3) is 0 Å². The first-order valence-electron chi connectivity index (χ1n) is 7.68. The summed E-state index contributed by atoms with van der Waals surface area (Å²) in [5.74, 6) is -0.102. The van der Waals surface area contributed by atoms with Crippen LogP contribution in [0.25, 0.3) is 0 Å². The molecule has 1 aromatic heterocycles. The number of nitrogens with zero attached hydrogens (tertiary/aromatic N) is 2. The fraction of sp³-hybridized carbons (Fsp3) is 0.733. The number of hydrogen-bond donors (Lipinski definition) is 2. The third kappa shape index (κ3) is 3.20. The molecule has 0 aromatic carbocycles. The van der Waals surface area contributed by atoms with Gasteiger partial charge in [-0.05, 0) is 51.0 Å². The quantitative estimate of drug-likeness (QED) is 0.836.